The van der Waals surface area contributed by atoms with Crippen molar-refractivity contribution in [3.63, 3.8) is 0 Å². The molecule has 1 aromatic rings. The summed E-state index contributed by atoms with van der Waals surface area (Å²) in [4.78, 5) is 66.9. The number of benzene rings is 1. The maximum atomic E-state index is 13.5. The molecule has 6 N–H and O–H groups in total. The zero-order valence-corrected chi connectivity index (χ0v) is 20.8. The Morgan fingerprint density at radius 3 is 2.56 bits per heavy atom. The Morgan fingerprint density at radius 2 is 1.90 bits per heavy atom. The second kappa shape index (κ2) is 11.5. The van der Waals surface area contributed by atoms with Gasteiger partial charge in [-0.1, -0.05) is 41.9 Å². The molecule has 1 heterocycles. The van der Waals surface area contributed by atoms with Crippen molar-refractivity contribution in [3.8, 4) is 0 Å². The number of halogens is 1. The standard InChI is InChI=1S/C25H23ClN4O9/c26-13-10-12-18(30-24(13)39-25(37)38)20(21(12)34)29-23(36)17(11-4-2-1-3-5-11)28-19-15(33)7-6-14(32)16(19)22(35)27-8-9-31/h1-7,12,17-18,20,30-32H,8-10H2,(H,27,35)(H,29,36)(H,37,38). The van der Waals surface area contributed by atoms with Gasteiger partial charge in [-0.15, -0.1) is 0 Å². The second-order valence-corrected chi connectivity index (χ2v) is 9.16. The van der Waals surface area contributed by atoms with Crippen molar-refractivity contribution < 1.29 is 44.0 Å². The summed E-state index contributed by atoms with van der Waals surface area (Å²) in [6.07, 6.45) is 0.420. The first-order valence-electron chi connectivity index (χ1n) is 11.7. The quantitative estimate of drug-likeness (QED) is 0.191. The molecular formula is C25H23ClN4O9. The maximum Gasteiger partial charge on any atom is 0.512 e. The molecule has 0 radical (unpaired) electrons. The molecule has 4 unspecified atom stereocenters. The van der Waals surface area contributed by atoms with Crippen LogP contribution in [0.2, 0.25) is 0 Å². The number of aliphatic hydroxyl groups is 2. The van der Waals surface area contributed by atoms with E-state index in [2.05, 4.69) is 25.7 Å². The average molecular weight is 559 g/mol. The van der Waals surface area contributed by atoms with Crippen LogP contribution in [0.5, 0.6) is 0 Å². The predicted molar refractivity (Wildman–Crippen MR) is 134 cm³/mol. The molecule has 0 saturated heterocycles. The molecule has 4 atom stereocenters. The Hall–Kier alpha value is -4.49. The molecule has 0 bridgehead atoms. The third kappa shape index (κ3) is 5.68. The molecule has 0 aromatic heterocycles. The second-order valence-electron chi connectivity index (χ2n) is 8.70. The third-order valence-corrected chi connectivity index (χ3v) is 6.59. The van der Waals surface area contributed by atoms with Gasteiger partial charge < -0.3 is 36.0 Å². The topological polar surface area (TPSA) is 204 Å². The molecule has 13 nitrogen and oxygen atoms in total. The van der Waals surface area contributed by atoms with Crippen molar-refractivity contribution in [2.75, 3.05) is 13.2 Å². The van der Waals surface area contributed by atoms with Crippen LogP contribution in [0.4, 0.5) is 4.79 Å². The molecule has 3 aliphatic rings. The van der Waals surface area contributed by atoms with Gasteiger partial charge in [0, 0.05) is 18.9 Å². The van der Waals surface area contributed by atoms with Gasteiger partial charge in [0.1, 0.15) is 23.1 Å². The van der Waals surface area contributed by atoms with E-state index in [4.69, 9.17) is 21.8 Å². The van der Waals surface area contributed by atoms with Crippen LogP contribution in [0.1, 0.15) is 18.0 Å². The molecule has 14 heteroatoms. The summed E-state index contributed by atoms with van der Waals surface area (Å²) in [6.45, 7) is -0.550. The van der Waals surface area contributed by atoms with Crippen molar-refractivity contribution in [1.29, 1.82) is 0 Å². The minimum Gasteiger partial charge on any atom is -0.507 e. The normalized spacial score (nSPS) is 23.9. The van der Waals surface area contributed by atoms with Gasteiger partial charge in [0.15, 0.2) is 11.8 Å². The lowest BCUT2D eigenvalue weighted by molar-refractivity contribution is -0.140. The summed E-state index contributed by atoms with van der Waals surface area (Å²) < 4.78 is 4.63. The van der Waals surface area contributed by atoms with Crippen molar-refractivity contribution in [3.05, 3.63) is 70.3 Å². The summed E-state index contributed by atoms with van der Waals surface area (Å²) >= 11 is 6.04. The average Bonchev–Trinajstić information content (AvgIpc) is 2.91. The van der Waals surface area contributed by atoms with Crippen LogP contribution >= 0.6 is 11.6 Å². The highest BCUT2D eigenvalue weighted by atomic mass is 35.5. The van der Waals surface area contributed by atoms with Crippen molar-refractivity contribution >= 4 is 46.8 Å². The number of nitrogens with zero attached hydrogens (tertiary/aromatic N) is 1. The van der Waals surface area contributed by atoms with Crippen LogP contribution in [0, 0.1) is 5.92 Å². The summed E-state index contributed by atoms with van der Waals surface area (Å²) in [7, 11) is 0. The van der Waals surface area contributed by atoms with E-state index in [0.29, 0.717) is 5.56 Å². The summed E-state index contributed by atoms with van der Waals surface area (Å²) in [5, 5.41) is 35.9. The van der Waals surface area contributed by atoms with Gasteiger partial charge in [0.2, 0.25) is 17.6 Å². The Bertz CT molecular complexity index is 1350. The molecule has 39 heavy (non-hydrogen) atoms. The fourth-order valence-electron chi connectivity index (χ4n) is 4.41. The Kier molecular flexibility index (Phi) is 8.12. The van der Waals surface area contributed by atoms with Crippen molar-refractivity contribution in [1.82, 2.24) is 16.0 Å². The number of Topliss-reactive ketones (excluding diaryl/α,β-unsaturated/α-hetero) is 1. The number of nitrogens with one attached hydrogen (secondary N) is 3. The lowest BCUT2D eigenvalue weighted by Crippen LogP contribution is -2.70. The van der Waals surface area contributed by atoms with E-state index < -0.39 is 71.4 Å². The van der Waals surface area contributed by atoms with Crippen LogP contribution in [-0.4, -0.2) is 75.8 Å². The van der Waals surface area contributed by atoms with Gasteiger partial charge in [-0.3, -0.25) is 24.2 Å². The van der Waals surface area contributed by atoms with Crippen LogP contribution in [0.25, 0.3) is 0 Å². The van der Waals surface area contributed by atoms with Gasteiger partial charge in [-0.05, 0) is 17.7 Å². The molecule has 1 fully saturated rings. The first-order valence-corrected chi connectivity index (χ1v) is 12.1. The minimum absolute atomic E-state index is 0.0211. The van der Waals surface area contributed by atoms with Gasteiger partial charge in [-0.25, -0.2) is 4.79 Å². The van der Waals surface area contributed by atoms with Gasteiger partial charge >= 0.3 is 6.16 Å². The van der Waals surface area contributed by atoms with E-state index in [-0.39, 0.29) is 29.7 Å². The number of carbonyl (C=O) groups excluding carboxylic acids is 4. The number of ether oxygens (including phenoxy) is 1. The highest BCUT2D eigenvalue weighted by Gasteiger charge is 2.54. The van der Waals surface area contributed by atoms with Gasteiger partial charge in [0.05, 0.1) is 17.7 Å². The van der Waals surface area contributed by atoms with E-state index in [1.807, 2.05) is 0 Å². The molecule has 2 aliphatic carbocycles. The van der Waals surface area contributed by atoms with E-state index in [1.165, 1.54) is 0 Å². The Morgan fingerprint density at radius 1 is 1.18 bits per heavy atom. The zero-order chi connectivity index (χ0) is 28.3. The van der Waals surface area contributed by atoms with Crippen LogP contribution in [0.15, 0.2) is 69.7 Å². The summed E-state index contributed by atoms with van der Waals surface area (Å²) in [5.74, 6) is -4.22. The smallest absolute Gasteiger partial charge is 0.507 e. The van der Waals surface area contributed by atoms with E-state index in [9.17, 15) is 29.1 Å². The van der Waals surface area contributed by atoms with E-state index >= 15 is 0 Å². The number of aliphatic imine (C=N–C) groups is 1. The van der Waals surface area contributed by atoms with E-state index in [1.54, 1.807) is 30.3 Å². The number of fused-ring (bicyclic) bond motifs is 1. The van der Waals surface area contributed by atoms with Crippen molar-refractivity contribution in [2.45, 2.75) is 24.5 Å². The molecule has 204 valence electrons. The molecule has 1 aromatic carbocycles. The third-order valence-electron chi connectivity index (χ3n) is 6.26. The molecule has 1 aliphatic heterocycles. The summed E-state index contributed by atoms with van der Waals surface area (Å²) in [6, 6.07) is 4.80. The monoisotopic (exact) mass is 558 g/mol. The SMILES string of the molecule is O=C(O)OC1=C(Cl)CC2C(=O)C(NC(=O)C(N=C3C(=O)C=CC(O)=C3C(=O)NCCO)c3ccccc3)C2N1. The molecule has 4 rings (SSSR count). The van der Waals surface area contributed by atoms with Crippen LogP contribution in [-0.2, 0) is 23.9 Å². The minimum atomic E-state index is -1.61. The fourth-order valence-corrected chi connectivity index (χ4v) is 4.67. The highest BCUT2D eigenvalue weighted by molar-refractivity contribution is 6.56. The van der Waals surface area contributed by atoms with Crippen molar-refractivity contribution in [2.24, 2.45) is 10.9 Å². The predicted octanol–water partition coefficient (Wildman–Crippen LogP) is 0.376. The largest absolute Gasteiger partial charge is 0.512 e. The Balaban J connectivity index is 1.64. The fraction of sp³-hybridized carbons (Fsp3) is 0.280. The Labute approximate surface area is 225 Å². The molecule has 1 saturated carbocycles. The number of amides is 2. The molecule has 0 spiro atoms. The highest BCUT2D eigenvalue weighted by Crippen LogP contribution is 2.37. The lowest BCUT2D eigenvalue weighted by atomic mass is 9.70. The number of allylic oxidation sites excluding steroid dienone is 3. The first-order chi connectivity index (χ1) is 18.6. The van der Waals surface area contributed by atoms with Crippen LogP contribution < -0.4 is 16.0 Å². The van der Waals surface area contributed by atoms with Gasteiger partial charge in [0.25, 0.3) is 5.91 Å². The number of carbonyl (C=O) groups is 5. The number of hydrogen-bond acceptors (Lipinski definition) is 10. The van der Waals surface area contributed by atoms with Gasteiger partial charge in [-0.2, -0.15) is 0 Å². The van der Waals surface area contributed by atoms with E-state index in [0.717, 1.165) is 12.2 Å². The number of rotatable bonds is 8. The molecular weight excluding hydrogens is 536 g/mol. The van der Waals surface area contributed by atoms with Crippen LogP contribution in [0.3, 0.4) is 0 Å². The number of aliphatic hydroxyl groups excluding tert-OH is 2. The maximum absolute atomic E-state index is 13.5. The number of ketones is 2. The summed E-state index contributed by atoms with van der Waals surface area (Å²) in [5.41, 5.74) is -0.652. The first kappa shape index (κ1) is 27.5. The zero-order valence-electron chi connectivity index (χ0n) is 20.1. The lowest BCUT2D eigenvalue weighted by Gasteiger charge is -2.46. The number of carboxylic acid groups (broad SMARTS) is 1. The molecule has 2 amide bonds. The number of hydrogen-bond donors (Lipinski definition) is 6.